The van der Waals surface area contributed by atoms with Crippen molar-refractivity contribution >= 4 is 22.4 Å². The minimum Gasteiger partial charge on any atom is -0.413 e. The Morgan fingerprint density at radius 3 is 1.71 bits per heavy atom. The van der Waals surface area contributed by atoms with Crippen molar-refractivity contribution in [1.29, 1.82) is 0 Å². The van der Waals surface area contributed by atoms with Crippen LogP contribution in [0.3, 0.4) is 0 Å². The van der Waals surface area contributed by atoms with Gasteiger partial charge < -0.3 is 8.85 Å². The maximum Gasteiger partial charge on any atom is 0.192 e. The van der Waals surface area contributed by atoms with E-state index < -0.39 is 16.6 Å². The van der Waals surface area contributed by atoms with E-state index in [9.17, 15) is 4.79 Å². The molecule has 0 saturated heterocycles. The lowest BCUT2D eigenvalue weighted by Gasteiger charge is -2.42. The van der Waals surface area contributed by atoms with E-state index in [-0.39, 0.29) is 33.8 Å². The van der Waals surface area contributed by atoms with E-state index in [0.717, 1.165) is 16.7 Å². The average Bonchev–Trinajstić information content (AvgIpc) is 2.89. The number of allylic oxidation sites excluding steroid dienone is 4. The van der Waals surface area contributed by atoms with Crippen LogP contribution in [0, 0.1) is 17.8 Å². The van der Waals surface area contributed by atoms with Crippen LogP contribution in [0.4, 0.5) is 0 Å². The molecule has 0 spiro atoms. The number of hydrogen-bond acceptors (Lipinski definition) is 3. The minimum atomic E-state index is -1.94. The Morgan fingerprint density at radius 1 is 0.733 bits per heavy atom. The highest BCUT2D eigenvalue weighted by Crippen LogP contribution is 2.40. The van der Waals surface area contributed by atoms with Crippen LogP contribution in [0.2, 0.25) is 36.3 Å². The lowest BCUT2D eigenvalue weighted by atomic mass is 9.88. The quantitative estimate of drug-likeness (QED) is 0.0403. The number of carbonyl (C=O) groups is 1. The molecule has 0 aliphatic carbocycles. The minimum absolute atomic E-state index is 0.169. The van der Waals surface area contributed by atoms with Crippen molar-refractivity contribution in [1.82, 2.24) is 0 Å². The van der Waals surface area contributed by atoms with Gasteiger partial charge in [0.2, 0.25) is 0 Å². The summed E-state index contributed by atoms with van der Waals surface area (Å²) >= 11 is 0. The molecule has 3 nitrogen and oxygen atoms in total. The third-order valence-corrected chi connectivity index (χ3v) is 19.6. The molecule has 0 saturated carbocycles. The van der Waals surface area contributed by atoms with Gasteiger partial charge in [0.05, 0.1) is 12.7 Å². The van der Waals surface area contributed by atoms with Crippen LogP contribution in [0.15, 0.2) is 34.9 Å². The van der Waals surface area contributed by atoms with Gasteiger partial charge in [-0.1, -0.05) is 150 Å². The number of carbonyl (C=O) groups excluding carboxylic acids is 1. The summed E-state index contributed by atoms with van der Waals surface area (Å²) in [5.41, 5.74) is 3.09. The second kappa shape index (κ2) is 19.9. The van der Waals surface area contributed by atoms with E-state index in [4.69, 9.17) is 8.85 Å². The van der Waals surface area contributed by atoms with Gasteiger partial charge in [0.1, 0.15) is 0 Å². The van der Waals surface area contributed by atoms with Crippen molar-refractivity contribution < 1.29 is 13.6 Å². The second-order valence-electron chi connectivity index (χ2n) is 17.4. The summed E-state index contributed by atoms with van der Waals surface area (Å²) in [7, 11) is -3.76. The number of Topliss-reactive ketones (excluding diaryl/α,β-unsaturated/α-hetero) is 1. The SMILES string of the molecule is CCCCCCCCCC[C@H](C)[C@@H](O[Si](C)(C)C(C)(C)C)[C@@H](C)/C=C(C)/C=C(\C)C(=O)[C@H](C)/C=C(\C)CO[Si](C)(C)C(C)(C)C. The Balaban J connectivity index is 5.61. The summed E-state index contributed by atoms with van der Waals surface area (Å²) in [6.07, 6.45) is 18.7. The first-order valence-electron chi connectivity index (χ1n) is 18.4. The van der Waals surface area contributed by atoms with Crippen LogP contribution in [-0.4, -0.2) is 35.1 Å². The fraction of sp³-hybridized carbons (Fsp3) is 0.825. The molecular weight excluding hydrogens is 585 g/mol. The smallest absolute Gasteiger partial charge is 0.192 e. The van der Waals surface area contributed by atoms with E-state index in [2.05, 4.69) is 121 Å². The lowest BCUT2D eigenvalue weighted by Crippen LogP contribution is -2.47. The second-order valence-corrected chi connectivity index (χ2v) is 27.0. The molecule has 0 fully saturated rings. The summed E-state index contributed by atoms with van der Waals surface area (Å²) in [6.45, 7) is 38.9. The zero-order valence-electron chi connectivity index (χ0n) is 33.3. The Kier molecular flexibility index (Phi) is 19.6. The Labute approximate surface area is 284 Å². The molecular formula is C40H78O3Si2. The number of rotatable bonds is 21. The summed E-state index contributed by atoms with van der Waals surface area (Å²) < 4.78 is 13.5. The topological polar surface area (TPSA) is 35.5 Å². The van der Waals surface area contributed by atoms with E-state index in [1.165, 1.54) is 57.8 Å². The van der Waals surface area contributed by atoms with Gasteiger partial charge in [0.25, 0.3) is 0 Å². The highest BCUT2D eigenvalue weighted by Gasteiger charge is 2.41. The van der Waals surface area contributed by atoms with Crippen molar-refractivity contribution in [2.45, 2.75) is 190 Å². The summed E-state index contributed by atoms with van der Waals surface area (Å²) in [5.74, 6) is 0.774. The first-order chi connectivity index (χ1) is 20.5. The van der Waals surface area contributed by atoms with E-state index >= 15 is 0 Å². The number of ketones is 1. The lowest BCUT2D eigenvalue weighted by molar-refractivity contribution is -0.117. The fourth-order valence-electron chi connectivity index (χ4n) is 5.41. The van der Waals surface area contributed by atoms with E-state index in [1.807, 2.05) is 13.8 Å². The third kappa shape index (κ3) is 16.8. The van der Waals surface area contributed by atoms with E-state index in [1.54, 1.807) is 0 Å². The van der Waals surface area contributed by atoms with Gasteiger partial charge in [-0.05, 0) is 80.9 Å². The molecule has 0 radical (unpaired) electrons. The zero-order chi connectivity index (χ0) is 35.2. The molecule has 0 N–H and O–H groups in total. The predicted molar refractivity (Wildman–Crippen MR) is 206 cm³/mol. The Bertz CT molecular complexity index is 959. The van der Waals surface area contributed by atoms with Crippen LogP contribution in [0.5, 0.6) is 0 Å². The van der Waals surface area contributed by atoms with Gasteiger partial charge in [0.15, 0.2) is 22.4 Å². The molecule has 0 aromatic rings. The maximum atomic E-state index is 13.4. The Morgan fingerprint density at radius 2 is 1.22 bits per heavy atom. The van der Waals surface area contributed by atoms with Crippen LogP contribution in [0.1, 0.15) is 148 Å². The van der Waals surface area contributed by atoms with Gasteiger partial charge in [0, 0.05) is 5.92 Å². The maximum absolute atomic E-state index is 13.4. The van der Waals surface area contributed by atoms with E-state index in [0.29, 0.717) is 12.5 Å². The molecule has 0 aromatic heterocycles. The highest BCUT2D eigenvalue weighted by molar-refractivity contribution is 6.74. The normalized spacial score (nSPS) is 17.3. The highest BCUT2D eigenvalue weighted by atomic mass is 28.4. The van der Waals surface area contributed by atoms with Crippen LogP contribution in [0.25, 0.3) is 0 Å². The van der Waals surface area contributed by atoms with Crippen molar-refractivity contribution in [3.8, 4) is 0 Å². The predicted octanol–water partition coefficient (Wildman–Crippen LogP) is 13.2. The number of hydrogen-bond donors (Lipinski definition) is 0. The summed E-state index contributed by atoms with van der Waals surface area (Å²) in [6, 6.07) is 0. The first-order valence-corrected chi connectivity index (χ1v) is 24.2. The van der Waals surface area contributed by atoms with Crippen LogP contribution in [-0.2, 0) is 13.6 Å². The standard InChI is InChI=1S/C40H78O3Si2/c1-18-19-20-21-22-23-24-25-26-33(4)38(43-45(16,17)40(11,12)13)36(7)28-31(2)27-34(5)37(41)35(6)29-32(3)30-42-44(14,15)39(8,9)10/h27-29,33,35-36,38H,18-26,30H2,1-17H3/b31-28+,32-29+,34-27+/t33-,35+,36-,38+/m0/s1. The average molecular weight is 663 g/mol. The van der Waals surface area contributed by atoms with Gasteiger partial charge in [-0.15, -0.1) is 0 Å². The summed E-state index contributed by atoms with van der Waals surface area (Å²) in [5, 5.41) is 0.345. The van der Waals surface area contributed by atoms with Crippen LogP contribution >= 0.6 is 0 Å². The third-order valence-electron chi connectivity index (χ3n) is 10.6. The molecule has 5 heteroatoms. The van der Waals surface area contributed by atoms with Gasteiger partial charge in [-0.25, -0.2) is 0 Å². The zero-order valence-corrected chi connectivity index (χ0v) is 35.3. The molecule has 45 heavy (non-hydrogen) atoms. The van der Waals surface area contributed by atoms with Crippen LogP contribution < -0.4 is 0 Å². The molecule has 4 atom stereocenters. The molecule has 0 heterocycles. The molecule has 0 rings (SSSR count). The first kappa shape index (κ1) is 44.2. The molecule has 0 bridgehead atoms. The Hall–Kier alpha value is -0.756. The van der Waals surface area contributed by atoms with Crippen molar-refractivity contribution in [3.63, 3.8) is 0 Å². The monoisotopic (exact) mass is 663 g/mol. The molecule has 0 aliphatic rings. The molecule has 0 unspecified atom stereocenters. The van der Waals surface area contributed by atoms with Crippen molar-refractivity contribution in [2.24, 2.45) is 17.8 Å². The van der Waals surface area contributed by atoms with Gasteiger partial charge in [-0.3, -0.25) is 4.79 Å². The molecule has 264 valence electrons. The fourth-order valence-corrected chi connectivity index (χ4v) is 7.92. The largest absolute Gasteiger partial charge is 0.413 e. The number of unbranched alkanes of at least 4 members (excludes halogenated alkanes) is 7. The van der Waals surface area contributed by atoms with Crippen molar-refractivity contribution in [2.75, 3.05) is 6.61 Å². The molecule has 0 amide bonds. The molecule has 0 aromatic carbocycles. The molecule has 0 aliphatic heterocycles. The van der Waals surface area contributed by atoms with Crippen molar-refractivity contribution in [3.05, 3.63) is 34.9 Å². The van der Waals surface area contributed by atoms with Gasteiger partial charge in [-0.2, -0.15) is 0 Å². The van der Waals surface area contributed by atoms with Gasteiger partial charge >= 0.3 is 0 Å². The summed E-state index contributed by atoms with van der Waals surface area (Å²) in [4.78, 5) is 13.4.